The van der Waals surface area contributed by atoms with Crippen molar-refractivity contribution in [2.45, 2.75) is 179 Å². The van der Waals surface area contributed by atoms with Crippen molar-refractivity contribution in [2.75, 3.05) is 0 Å². The number of aliphatic hydroxyl groups is 6. The zero-order valence-electron chi connectivity index (χ0n) is 32.4. The molecule has 0 radical (unpaired) electrons. The van der Waals surface area contributed by atoms with E-state index in [1.165, 1.54) is 0 Å². The van der Waals surface area contributed by atoms with E-state index in [1.54, 1.807) is 26.0 Å². The third kappa shape index (κ3) is 20.2. The molecule has 0 unspecified atom stereocenters. The summed E-state index contributed by atoms with van der Waals surface area (Å²) in [6.07, 6.45) is 25.4. The summed E-state index contributed by atoms with van der Waals surface area (Å²) in [6.45, 7) is 7.82. The van der Waals surface area contributed by atoms with Crippen LogP contribution < -0.4 is 0 Å². The molecule has 0 spiro atoms. The van der Waals surface area contributed by atoms with E-state index in [9.17, 15) is 40.2 Å². The molecule has 0 aliphatic heterocycles. The summed E-state index contributed by atoms with van der Waals surface area (Å²) in [5, 5.41) is 79.2. The van der Waals surface area contributed by atoms with Crippen LogP contribution in [0.25, 0.3) is 0 Å². The average Bonchev–Trinajstić information content (AvgIpc) is 3.49. The first-order valence-corrected chi connectivity index (χ1v) is 19.8. The lowest BCUT2D eigenvalue weighted by molar-refractivity contribution is -0.138. The fourth-order valence-electron chi connectivity index (χ4n) is 7.17. The first-order chi connectivity index (χ1) is 24.5. The number of hydrogen-bond acceptors (Lipinski definition) is 8. The molecule has 2 fully saturated rings. The Bertz CT molecular complexity index is 1020. The van der Waals surface area contributed by atoms with Crippen LogP contribution in [0, 0.1) is 23.7 Å². The molecule has 0 aromatic rings. The van der Waals surface area contributed by atoms with Crippen molar-refractivity contribution >= 4 is 11.9 Å². The summed E-state index contributed by atoms with van der Waals surface area (Å²) in [6, 6.07) is 0. The van der Waals surface area contributed by atoms with Crippen LogP contribution in [0.1, 0.15) is 143 Å². The normalized spacial score (nSPS) is 28.8. The second kappa shape index (κ2) is 25.6. The molecule has 2 saturated carbocycles. The van der Waals surface area contributed by atoms with Crippen LogP contribution in [0.2, 0.25) is 0 Å². The number of hydrogen-bond donors (Lipinski definition) is 8. The van der Waals surface area contributed by atoms with Crippen molar-refractivity contribution in [1.82, 2.24) is 0 Å². The van der Waals surface area contributed by atoms with Crippen LogP contribution in [-0.2, 0) is 9.59 Å². The summed E-state index contributed by atoms with van der Waals surface area (Å²) >= 11 is 0. The molecule has 8 N–H and O–H groups in total. The number of aliphatic carboxylic acids is 2. The van der Waals surface area contributed by atoms with E-state index in [-0.39, 0.29) is 36.5 Å². The minimum absolute atomic E-state index is 0.0802. The fourth-order valence-corrected chi connectivity index (χ4v) is 7.17. The van der Waals surface area contributed by atoms with Crippen molar-refractivity contribution in [3.63, 3.8) is 0 Å². The average molecular weight is 737 g/mol. The number of carboxylic acid groups (broad SMARTS) is 2. The monoisotopic (exact) mass is 737 g/mol. The van der Waals surface area contributed by atoms with Crippen LogP contribution >= 0.6 is 0 Å². The van der Waals surface area contributed by atoms with Crippen molar-refractivity contribution < 1.29 is 50.4 Å². The third-order valence-corrected chi connectivity index (χ3v) is 10.4. The Hall–Kier alpha value is -2.34. The van der Waals surface area contributed by atoms with Gasteiger partial charge in [-0.2, -0.15) is 0 Å². The van der Waals surface area contributed by atoms with E-state index in [0.717, 1.165) is 38.5 Å². The Labute approximate surface area is 313 Å². The Balaban J connectivity index is 0.000000520. The van der Waals surface area contributed by atoms with E-state index < -0.39 is 47.6 Å². The fraction of sp³-hybridized carbons (Fsp3) is 0.762. The molecule has 0 amide bonds. The minimum Gasteiger partial charge on any atom is -0.481 e. The zero-order valence-corrected chi connectivity index (χ0v) is 32.4. The SMILES string of the molecule is CCCCC[C@](C)(O)/C=C/[C@@H]1[C@@H](C/C=C\CCCC(=O)O)[C@@H](O)C[C@H]1O.CCCCC[C@](C)(O)/C=C/[C@H]1[C@H](C/C=C\CCCC(=O)O)[C@H](O)C[C@@H]1O. The smallest absolute Gasteiger partial charge is 0.303 e. The van der Waals surface area contributed by atoms with Crippen LogP contribution in [0.5, 0.6) is 0 Å². The maximum Gasteiger partial charge on any atom is 0.303 e. The molecule has 0 aromatic carbocycles. The number of rotatable bonds is 24. The van der Waals surface area contributed by atoms with E-state index in [0.29, 0.717) is 64.2 Å². The molecule has 10 atom stereocenters. The number of carbonyl (C=O) groups is 2. The molecule has 2 rings (SSSR count). The topological polar surface area (TPSA) is 196 Å². The molecule has 52 heavy (non-hydrogen) atoms. The van der Waals surface area contributed by atoms with Crippen molar-refractivity contribution in [2.24, 2.45) is 23.7 Å². The molecule has 300 valence electrons. The highest BCUT2D eigenvalue weighted by molar-refractivity contribution is 5.66. The number of carboxylic acids is 2. The molecule has 0 heterocycles. The summed E-state index contributed by atoms with van der Waals surface area (Å²) < 4.78 is 0. The Morgan fingerprint density at radius 3 is 1.27 bits per heavy atom. The summed E-state index contributed by atoms with van der Waals surface area (Å²) in [4.78, 5) is 21.0. The standard InChI is InChI=1S/2C21H36O5/c2*1-3-4-9-13-21(2,26)14-12-17-16(18(22)15-19(17)23)10-7-5-6-8-11-20(24)25/h2*5,7,12,14,16-19,22-23,26H,3-4,6,8-11,13,15H2,1-2H3,(H,24,25)/b2*7-5-,14-12+/t16-,17-,18+,19-,21+;16-,17-,18+,19-,21-/m10/s1. The summed E-state index contributed by atoms with van der Waals surface area (Å²) in [5.41, 5.74) is -1.78. The highest BCUT2D eigenvalue weighted by Crippen LogP contribution is 2.38. The predicted octanol–water partition coefficient (Wildman–Crippen LogP) is 6.87. The first-order valence-electron chi connectivity index (χ1n) is 19.8. The van der Waals surface area contributed by atoms with Gasteiger partial charge in [-0.1, -0.05) is 101 Å². The lowest BCUT2D eigenvalue weighted by Gasteiger charge is -2.23. The van der Waals surface area contributed by atoms with Crippen LogP contribution in [0.4, 0.5) is 0 Å². The van der Waals surface area contributed by atoms with E-state index >= 15 is 0 Å². The van der Waals surface area contributed by atoms with Gasteiger partial charge in [0.1, 0.15) is 0 Å². The summed E-state index contributed by atoms with van der Waals surface area (Å²) in [7, 11) is 0. The second-order valence-corrected chi connectivity index (χ2v) is 15.6. The van der Waals surface area contributed by atoms with Crippen LogP contribution in [0.3, 0.4) is 0 Å². The van der Waals surface area contributed by atoms with Gasteiger partial charge < -0.3 is 40.9 Å². The quantitative estimate of drug-likeness (QED) is 0.0383. The molecule has 2 aliphatic rings. The predicted molar refractivity (Wildman–Crippen MR) is 206 cm³/mol. The molecule has 0 saturated heterocycles. The maximum atomic E-state index is 10.5. The van der Waals surface area contributed by atoms with Gasteiger partial charge in [0.25, 0.3) is 0 Å². The lowest BCUT2D eigenvalue weighted by Crippen LogP contribution is -2.24. The highest BCUT2D eigenvalue weighted by Gasteiger charge is 2.40. The van der Waals surface area contributed by atoms with Gasteiger partial charge in [-0.25, -0.2) is 0 Å². The van der Waals surface area contributed by atoms with Gasteiger partial charge in [0.15, 0.2) is 0 Å². The molecule has 10 nitrogen and oxygen atoms in total. The number of unbranched alkanes of at least 4 members (excludes halogenated alkanes) is 6. The largest absolute Gasteiger partial charge is 0.481 e. The first kappa shape index (κ1) is 47.7. The molecule has 2 aliphatic carbocycles. The van der Waals surface area contributed by atoms with Gasteiger partial charge in [-0.15, -0.1) is 0 Å². The van der Waals surface area contributed by atoms with Gasteiger partial charge in [-0.05, 0) is 77.0 Å². The van der Waals surface area contributed by atoms with E-state index in [4.69, 9.17) is 10.2 Å². The van der Waals surface area contributed by atoms with Gasteiger partial charge in [0.05, 0.1) is 35.6 Å². The zero-order chi connectivity index (χ0) is 39.2. The molecule has 10 heteroatoms. The van der Waals surface area contributed by atoms with Gasteiger partial charge in [-0.3, -0.25) is 9.59 Å². The van der Waals surface area contributed by atoms with E-state index in [1.807, 2.05) is 36.5 Å². The molecule has 0 aromatic heterocycles. The Morgan fingerprint density at radius 1 is 0.577 bits per heavy atom. The number of aliphatic hydroxyl groups excluding tert-OH is 4. The van der Waals surface area contributed by atoms with Crippen molar-refractivity contribution in [3.05, 3.63) is 48.6 Å². The van der Waals surface area contributed by atoms with Gasteiger partial charge in [0, 0.05) is 37.5 Å². The van der Waals surface area contributed by atoms with Crippen LogP contribution in [-0.4, -0.2) is 88.4 Å². The van der Waals surface area contributed by atoms with Gasteiger partial charge in [0.2, 0.25) is 0 Å². The molecular formula is C42H72O10. The van der Waals surface area contributed by atoms with Crippen LogP contribution in [0.15, 0.2) is 48.6 Å². The summed E-state index contributed by atoms with van der Waals surface area (Å²) in [5.74, 6) is -2.09. The van der Waals surface area contributed by atoms with Gasteiger partial charge >= 0.3 is 11.9 Å². The lowest BCUT2D eigenvalue weighted by atomic mass is 9.88. The Kier molecular flexibility index (Phi) is 23.5. The second-order valence-electron chi connectivity index (χ2n) is 15.6. The minimum atomic E-state index is -0.889. The molecule has 0 bridgehead atoms. The maximum absolute atomic E-state index is 10.5. The van der Waals surface area contributed by atoms with E-state index in [2.05, 4.69) is 13.8 Å². The highest BCUT2D eigenvalue weighted by atomic mass is 16.4. The van der Waals surface area contributed by atoms with Crippen molar-refractivity contribution in [1.29, 1.82) is 0 Å². The van der Waals surface area contributed by atoms with Crippen molar-refractivity contribution in [3.8, 4) is 0 Å². The third-order valence-electron chi connectivity index (χ3n) is 10.4. The Morgan fingerprint density at radius 2 is 0.942 bits per heavy atom. The molecular weight excluding hydrogens is 664 g/mol. The number of allylic oxidation sites excluding steroid dienone is 4.